The van der Waals surface area contributed by atoms with Crippen molar-refractivity contribution in [1.82, 2.24) is 0 Å². The second-order valence-electron chi connectivity index (χ2n) is 3.30. The first-order valence-electron chi connectivity index (χ1n) is 4.40. The first kappa shape index (κ1) is 9.98. The number of aliphatic carboxylic acids is 1. The van der Waals surface area contributed by atoms with E-state index in [-0.39, 0.29) is 12.3 Å². The van der Waals surface area contributed by atoms with Gasteiger partial charge in [-0.25, -0.2) is 4.79 Å². The van der Waals surface area contributed by atoms with Crippen LogP contribution in [0.5, 0.6) is 0 Å². The molecule has 78 valence electrons. The summed E-state index contributed by atoms with van der Waals surface area (Å²) < 4.78 is 0. The van der Waals surface area contributed by atoms with Crippen molar-refractivity contribution >= 4 is 29.2 Å². The van der Waals surface area contributed by atoms with Crippen molar-refractivity contribution in [2.24, 2.45) is 0 Å². The minimum atomic E-state index is -0.982. The molecule has 1 aromatic carbocycles. The van der Waals surface area contributed by atoms with Crippen molar-refractivity contribution in [1.29, 1.82) is 0 Å². The van der Waals surface area contributed by atoms with Gasteiger partial charge in [-0.1, -0.05) is 11.6 Å². The Morgan fingerprint density at radius 2 is 2.00 bits per heavy atom. The molecule has 1 N–H and O–H groups in total. The van der Waals surface area contributed by atoms with E-state index in [0.29, 0.717) is 10.7 Å². The van der Waals surface area contributed by atoms with Gasteiger partial charge in [0.25, 0.3) is 0 Å². The Balaban J connectivity index is 2.26. The highest BCUT2D eigenvalue weighted by molar-refractivity contribution is 6.30. The highest BCUT2D eigenvalue weighted by atomic mass is 35.5. The quantitative estimate of drug-likeness (QED) is 0.777. The van der Waals surface area contributed by atoms with E-state index in [9.17, 15) is 9.59 Å². The van der Waals surface area contributed by atoms with Crippen molar-refractivity contribution in [3.63, 3.8) is 0 Å². The molecule has 0 aromatic heterocycles. The minimum Gasteiger partial charge on any atom is -0.480 e. The zero-order valence-electron chi connectivity index (χ0n) is 7.68. The summed E-state index contributed by atoms with van der Waals surface area (Å²) in [6, 6.07) is 5.78. The molecule has 1 fully saturated rings. The van der Waals surface area contributed by atoms with Crippen LogP contribution in [0.3, 0.4) is 0 Å². The van der Waals surface area contributed by atoms with Gasteiger partial charge in [-0.05, 0) is 24.3 Å². The predicted octanol–water partition coefficient (Wildman–Crippen LogP) is 1.53. The lowest BCUT2D eigenvalue weighted by Crippen LogP contribution is -2.57. The molecule has 1 amide bonds. The molecular weight excluding hydrogens is 218 g/mol. The highest BCUT2D eigenvalue weighted by Gasteiger charge is 2.42. The Kier molecular flexibility index (Phi) is 2.36. The molecule has 0 bridgehead atoms. The number of amides is 1. The van der Waals surface area contributed by atoms with Gasteiger partial charge in [0.2, 0.25) is 5.91 Å². The molecule has 0 saturated carbocycles. The van der Waals surface area contributed by atoms with Crippen LogP contribution in [0.1, 0.15) is 6.42 Å². The SMILES string of the molecule is O=C(O)C1CC(=O)N1c1ccc(Cl)cc1. The van der Waals surface area contributed by atoms with E-state index < -0.39 is 12.0 Å². The zero-order chi connectivity index (χ0) is 11.0. The molecule has 4 nitrogen and oxygen atoms in total. The lowest BCUT2D eigenvalue weighted by Gasteiger charge is -2.37. The average Bonchev–Trinajstić information content (AvgIpc) is 2.17. The van der Waals surface area contributed by atoms with Gasteiger partial charge in [0.15, 0.2) is 0 Å². The monoisotopic (exact) mass is 225 g/mol. The number of halogens is 1. The molecule has 5 heteroatoms. The van der Waals surface area contributed by atoms with Crippen LogP contribution < -0.4 is 4.90 Å². The normalized spacial score (nSPS) is 19.9. The predicted molar refractivity (Wildman–Crippen MR) is 55.0 cm³/mol. The molecule has 0 spiro atoms. The van der Waals surface area contributed by atoms with E-state index >= 15 is 0 Å². The van der Waals surface area contributed by atoms with Gasteiger partial charge < -0.3 is 5.11 Å². The van der Waals surface area contributed by atoms with Crippen molar-refractivity contribution in [3.05, 3.63) is 29.3 Å². The first-order valence-corrected chi connectivity index (χ1v) is 4.78. The summed E-state index contributed by atoms with van der Waals surface area (Å²) in [5.41, 5.74) is 0.572. The minimum absolute atomic E-state index is 0.0674. The molecule has 0 aliphatic carbocycles. The fourth-order valence-corrected chi connectivity index (χ4v) is 1.67. The third-order valence-corrected chi connectivity index (χ3v) is 2.59. The number of rotatable bonds is 2. The van der Waals surface area contributed by atoms with E-state index in [2.05, 4.69) is 0 Å². The van der Waals surface area contributed by atoms with Crippen molar-refractivity contribution in [3.8, 4) is 0 Å². The lowest BCUT2D eigenvalue weighted by atomic mass is 10.0. The molecule has 0 radical (unpaired) electrons. The summed E-state index contributed by atoms with van der Waals surface area (Å²) >= 11 is 5.69. The van der Waals surface area contributed by atoms with Crippen LogP contribution >= 0.6 is 11.6 Å². The molecule has 1 atom stereocenters. The van der Waals surface area contributed by atoms with E-state index in [1.165, 1.54) is 4.90 Å². The fraction of sp³-hybridized carbons (Fsp3) is 0.200. The van der Waals surface area contributed by atoms with Crippen LogP contribution in [0.25, 0.3) is 0 Å². The number of nitrogens with zero attached hydrogens (tertiary/aromatic N) is 1. The average molecular weight is 226 g/mol. The number of hydrogen-bond acceptors (Lipinski definition) is 2. The highest BCUT2D eigenvalue weighted by Crippen LogP contribution is 2.28. The van der Waals surface area contributed by atoms with Crippen LogP contribution in [-0.4, -0.2) is 23.0 Å². The van der Waals surface area contributed by atoms with Gasteiger partial charge in [0, 0.05) is 10.7 Å². The van der Waals surface area contributed by atoms with Crippen molar-refractivity contribution in [2.45, 2.75) is 12.5 Å². The summed E-state index contributed by atoms with van der Waals surface area (Å²) in [5, 5.41) is 9.37. The number of hydrogen-bond donors (Lipinski definition) is 1. The number of carboxylic acids is 1. The topological polar surface area (TPSA) is 57.6 Å². The maximum atomic E-state index is 11.3. The molecule has 2 rings (SSSR count). The molecule has 1 saturated heterocycles. The van der Waals surface area contributed by atoms with Gasteiger partial charge in [-0.3, -0.25) is 9.69 Å². The Morgan fingerprint density at radius 3 is 2.47 bits per heavy atom. The maximum Gasteiger partial charge on any atom is 0.327 e. The summed E-state index contributed by atoms with van der Waals surface area (Å²) in [4.78, 5) is 23.3. The van der Waals surface area contributed by atoms with E-state index in [1.54, 1.807) is 24.3 Å². The van der Waals surface area contributed by atoms with Gasteiger partial charge in [0.05, 0.1) is 6.42 Å². The number of anilines is 1. The first-order chi connectivity index (χ1) is 7.09. The van der Waals surface area contributed by atoms with Crippen molar-refractivity contribution in [2.75, 3.05) is 4.90 Å². The Morgan fingerprint density at radius 1 is 1.40 bits per heavy atom. The van der Waals surface area contributed by atoms with Gasteiger partial charge in [-0.2, -0.15) is 0 Å². The number of β-lactam (4-membered cyclic amide) rings is 1. The summed E-state index contributed by atoms with van der Waals surface area (Å²) in [7, 11) is 0. The largest absolute Gasteiger partial charge is 0.480 e. The van der Waals surface area contributed by atoms with Gasteiger partial charge in [-0.15, -0.1) is 0 Å². The molecule has 1 unspecified atom stereocenters. The molecule has 1 aliphatic heterocycles. The van der Waals surface area contributed by atoms with Gasteiger partial charge in [0.1, 0.15) is 6.04 Å². The van der Waals surface area contributed by atoms with Crippen LogP contribution in [0.2, 0.25) is 5.02 Å². The fourth-order valence-electron chi connectivity index (χ4n) is 1.54. The second kappa shape index (κ2) is 3.55. The van der Waals surface area contributed by atoms with Crippen LogP contribution in [0.4, 0.5) is 5.69 Å². The van der Waals surface area contributed by atoms with E-state index in [4.69, 9.17) is 16.7 Å². The van der Waals surface area contributed by atoms with Crippen molar-refractivity contribution < 1.29 is 14.7 Å². The maximum absolute atomic E-state index is 11.3. The van der Waals surface area contributed by atoms with Crippen LogP contribution in [0, 0.1) is 0 Å². The molecule has 1 heterocycles. The molecule has 1 aromatic rings. The molecule has 1 aliphatic rings. The summed E-state index contributed by atoms with van der Waals surface area (Å²) in [5.74, 6) is -1.16. The third kappa shape index (κ3) is 1.68. The smallest absolute Gasteiger partial charge is 0.327 e. The Hall–Kier alpha value is -1.55. The second-order valence-corrected chi connectivity index (χ2v) is 3.73. The Bertz CT molecular complexity index is 415. The molecular formula is C10H8ClNO3. The molecule has 15 heavy (non-hydrogen) atoms. The Labute approximate surface area is 91.1 Å². The van der Waals surface area contributed by atoms with Crippen LogP contribution in [-0.2, 0) is 9.59 Å². The zero-order valence-corrected chi connectivity index (χ0v) is 8.44. The lowest BCUT2D eigenvalue weighted by molar-refractivity contribution is -0.145. The third-order valence-electron chi connectivity index (χ3n) is 2.34. The van der Waals surface area contributed by atoms with Crippen LogP contribution in [0.15, 0.2) is 24.3 Å². The van der Waals surface area contributed by atoms with Gasteiger partial charge >= 0.3 is 5.97 Å². The van der Waals surface area contributed by atoms with E-state index in [0.717, 1.165) is 0 Å². The van der Waals surface area contributed by atoms with E-state index in [1.807, 2.05) is 0 Å². The summed E-state index contributed by atoms with van der Waals surface area (Å²) in [6.07, 6.45) is 0.0674. The number of carbonyl (C=O) groups is 2. The standard InChI is InChI=1S/C10H8ClNO3/c11-6-1-3-7(4-2-6)12-8(10(14)15)5-9(12)13/h1-4,8H,5H2,(H,14,15). The summed E-state index contributed by atoms with van der Waals surface area (Å²) in [6.45, 7) is 0. The number of benzene rings is 1. The number of carbonyl (C=O) groups excluding carboxylic acids is 1. The number of carboxylic acid groups (broad SMARTS) is 1.